The van der Waals surface area contributed by atoms with Gasteiger partial charge < -0.3 is 10.1 Å². The molecule has 1 aromatic rings. The summed E-state index contributed by atoms with van der Waals surface area (Å²) in [6.07, 6.45) is 1.44. The van der Waals surface area contributed by atoms with Crippen molar-refractivity contribution in [2.75, 3.05) is 18.1 Å². The van der Waals surface area contributed by atoms with Gasteiger partial charge in [-0.1, -0.05) is 12.1 Å². The third-order valence-corrected chi connectivity index (χ3v) is 5.10. The molecule has 1 saturated heterocycles. The number of rotatable bonds is 5. The summed E-state index contributed by atoms with van der Waals surface area (Å²) in [7, 11) is -2.77. The van der Waals surface area contributed by atoms with Crippen LogP contribution in [-0.2, 0) is 16.4 Å². The summed E-state index contributed by atoms with van der Waals surface area (Å²) in [5, 5.41) is 3.42. The highest BCUT2D eigenvalue weighted by Crippen LogP contribution is 2.15. The van der Waals surface area contributed by atoms with Crippen LogP contribution in [-0.4, -0.2) is 32.6 Å². The molecular formula is C14H21NO3S. The second-order valence-electron chi connectivity index (χ2n) is 4.88. The Kier molecular flexibility index (Phi) is 4.82. The fourth-order valence-corrected chi connectivity index (χ4v) is 3.72. The quantitative estimate of drug-likeness (QED) is 0.894. The normalized spacial score (nSPS) is 19.2. The van der Waals surface area contributed by atoms with Crippen LogP contribution in [0.2, 0.25) is 0 Å². The standard InChI is InChI=1S/C14H21NO3S/c1-2-18-14-5-3-12(4-6-14)11-15-13-7-9-19(16,17)10-8-13/h3-6,13,15H,2,7-11H2,1H3. The molecule has 1 heterocycles. The Morgan fingerprint density at radius 1 is 1.21 bits per heavy atom. The Hall–Kier alpha value is -1.07. The molecule has 2 rings (SSSR count). The van der Waals surface area contributed by atoms with Gasteiger partial charge in [0, 0.05) is 12.6 Å². The predicted octanol–water partition coefficient (Wildman–Crippen LogP) is 1.75. The maximum atomic E-state index is 11.3. The van der Waals surface area contributed by atoms with E-state index in [1.807, 2.05) is 31.2 Å². The van der Waals surface area contributed by atoms with E-state index in [1.165, 1.54) is 5.56 Å². The highest BCUT2D eigenvalue weighted by Gasteiger charge is 2.22. The van der Waals surface area contributed by atoms with Crippen molar-refractivity contribution in [2.45, 2.75) is 32.4 Å². The molecule has 0 amide bonds. The summed E-state index contributed by atoms with van der Waals surface area (Å²) in [6, 6.07) is 8.32. The number of hydrogen-bond acceptors (Lipinski definition) is 4. The number of nitrogens with one attached hydrogen (secondary N) is 1. The van der Waals surface area contributed by atoms with Crippen molar-refractivity contribution in [1.29, 1.82) is 0 Å². The molecule has 0 aliphatic carbocycles. The molecule has 0 unspecified atom stereocenters. The first-order valence-electron chi connectivity index (χ1n) is 6.74. The fourth-order valence-electron chi connectivity index (χ4n) is 2.23. The molecule has 1 aromatic carbocycles. The van der Waals surface area contributed by atoms with E-state index in [2.05, 4.69) is 5.32 Å². The first-order chi connectivity index (χ1) is 9.09. The molecular weight excluding hydrogens is 262 g/mol. The molecule has 1 aliphatic heterocycles. The van der Waals surface area contributed by atoms with Crippen molar-refractivity contribution < 1.29 is 13.2 Å². The molecule has 0 aromatic heterocycles. The average molecular weight is 283 g/mol. The van der Waals surface area contributed by atoms with Crippen LogP contribution in [0.3, 0.4) is 0 Å². The zero-order valence-electron chi connectivity index (χ0n) is 11.3. The zero-order chi connectivity index (χ0) is 13.7. The minimum atomic E-state index is -2.77. The number of benzene rings is 1. The molecule has 0 radical (unpaired) electrons. The van der Waals surface area contributed by atoms with Gasteiger partial charge in [0.15, 0.2) is 0 Å². The fraction of sp³-hybridized carbons (Fsp3) is 0.571. The second-order valence-corrected chi connectivity index (χ2v) is 7.19. The molecule has 0 atom stereocenters. The van der Waals surface area contributed by atoms with Crippen LogP contribution in [0, 0.1) is 0 Å². The van der Waals surface area contributed by atoms with Crippen molar-refractivity contribution in [3.63, 3.8) is 0 Å². The van der Waals surface area contributed by atoms with Crippen molar-refractivity contribution >= 4 is 9.84 Å². The summed E-state index contributed by atoms with van der Waals surface area (Å²) in [5.41, 5.74) is 1.19. The summed E-state index contributed by atoms with van der Waals surface area (Å²) >= 11 is 0. The van der Waals surface area contributed by atoms with Crippen LogP contribution in [0.4, 0.5) is 0 Å². The molecule has 1 fully saturated rings. The van der Waals surface area contributed by atoms with Crippen LogP contribution in [0.25, 0.3) is 0 Å². The van der Waals surface area contributed by atoms with E-state index in [0.29, 0.717) is 24.2 Å². The Balaban J connectivity index is 1.79. The van der Waals surface area contributed by atoms with Gasteiger partial charge in [-0.05, 0) is 37.5 Å². The first kappa shape index (κ1) is 14.3. The predicted molar refractivity (Wildman–Crippen MR) is 76.1 cm³/mol. The molecule has 4 nitrogen and oxygen atoms in total. The Morgan fingerprint density at radius 2 is 1.84 bits per heavy atom. The van der Waals surface area contributed by atoms with Crippen molar-refractivity contribution in [1.82, 2.24) is 5.32 Å². The van der Waals surface area contributed by atoms with Gasteiger partial charge in [-0.3, -0.25) is 0 Å². The summed E-state index contributed by atoms with van der Waals surface area (Å²) in [4.78, 5) is 0. The van der Waals surface area contributed by atoms with E-state index < -0.39 is 9.84 Å². The van der Waals surface area contributed by atoms with Gasteiger partial charge in [0.05, 0.1) is 18.1 Å². The molecule has 0 bridgehead atoms. The highest BCUT2D eigenvalue weighted by molar-refractivity contribution is 7.91. The van der Waals surface area contributed by atoms with Gasteiger partial charge in [0.25, 0.3) is 0 Å². The van der Waals surface area contributed by atoms with Crippen LogP contribution < -0.4 is 10.1 Å². The van der Waals surface area contributed by atoms with Gasteiger partial charge in [-0.25, -0.2) is 8.42 Å². The molecule has 106 valence electrons. The first-order valence-corrected chi connectivity index (χ1v) is 8.57. The summed E-state index contributed by atoms with van der Waals surface area (Å²) in [5.74, 6) is 1.51. The van der Waals surface area contributed by atoms with Crippen LogP contribution >= 0.6 is 0 Å². The van der Waals surface area contributed by atoms with E-state index in [-0.39, 0.29) is 0 Å². The zero-order valence-corrected chi connectivity index (χ0v) is 12.1. The largest absolute Gasteiger partial charge is 0.494 e. The third kappa shape index (κ3) is 4.51. The smallest absolute Gasteiger partial charge is 0.150 e. The Labute approximate surface area is 115 Å². The molecule has 0 spiro atoms. The molecule has 0 saturated carbocycles. The SMILES string of the molecule is CCOc1ccc(CNC2CCS(=O)(=O)CC2)cc1. The average Bonchev–Trinajstić information content (AvgIpc) is 2.40. The monoisotopic (exact) mass is 283 g/mol. The molecule has 19 heavy (non-hydrogen) atoms. The Bertz CT molecular complexity index is 482. The molecule has 1 aliphatic rings. The second kappa shape index (κ2) is 6.39. The minimum Gasteiger partial charge on any atom is -0.494 e. The lowest BCUT2D eigenvalue weighted by atomic mass is 10.1. The van der Waals surface area contributed by atoms with Gasteiger partial charge in [0.2, 0.25) is 0 Å². The summed E-state index contributed by atoms with van der Waals surface area (Å²) < 4.78 is 28.0. The third-order valence-electron chi connectivity index (χ3n) is 3.38. The van der Waals surface area contributed by atoms with Crippen molar-refractivity contribution in [3.05, 3.63) is 29.8 Å². The van der Waals surface area contributed by atoms with E-state index in [9.17, 15) is 8.42 Å². The van der Waals surface area contributed by atoms with Crippen LogP contribution in [0.1, 0.15) is 25.3 Å². The molecule has 5 heteroatoms. The van der Waals surface area contributed by atoms with E-state index in [4.69, 9.17) is 4.74 Å². The topological polar surface area (TPSA) is 55.4 Å². The highest BCUT2D eigenvalue weighted by atomic mass is 32.2. The van der Waals surface area contributed by atoms with Gasteiger partial charge >= 0.3 is 0 Å². The lowest BCUT2D eigenvalue weighted by Gasteiger charge is -2.23. The maximum absolute atomic E-state index is 11.3. The van der Waals surface area contributed by atoms with Gasteiger partial charge in [-0.15, -0.1) is 0 Å². The number of ether oxygens (including phenoxy) is 1. The van der Waals surface area contributed by atoms with E-state index >= 15 is 0 Å². The summed E-state index contributed by atoms with van der Waals surface area (Å²) in [6.45, 7) is 3.41. The maximum Gasteiger partial charge on any atom is 0.150 e. The number of sulfone groups is 1. The lowest BCUT2D eigenvalue weighted by Crippen LogP contribution is -2.37. The number of hydrogen-bond donors (Lipinski definition) is 1. The van der Waals surface area contributed by atoms with Gasteiger partial charge in [0.1, 0.15) is 15.6 Å². The van der Waals surface area contributed by atoms with Crippen LogP contribution in [0.5, 0.6) is 5.75 Å². The van der Waals surface area contributed by atoms with Crippen LogP contribution in [0.15, 0.2) is 24.3 Å². The lowest BCUT2D eigenvalue weighted by molar-refractivity contribution is 0.340. The van der Waals surface area contributed by atoms with E-state index in [1.54, 1.807) is 0 Å². The molecule has 1 N–H and O–H groups in total. The van der Waals surface area contributed by atoms with E-state index in [0.717, 1.165) is 25.1 Å². The van der Waals surface area contributed by atoms with Crippen molar-refractivity contribution in [3.8, 4) is 5.75 Å². The van der Waals surface area contributed by atoms with Crippen molar-refractivity contribution in [2.24, 2.45) is 0 Å². The van der Waals surface area contributed by atoms with Gasteiger partial charge in [-0.2, -0.15) is 0 Å². The minimum absolute atomic E-state index is 0.313. The Morgan fingerprint density at radius 3 is 2.42 bits per heavy atom.